The van der Waals surface area contributed by atoms with Crippen LogP contribution in [0.1, 0.15) is 69.9 Å². The number of fused-ring (bicyclic) bond motifs is 1. The summed E-state index contributed by atoms with van der Waals surface area (Å²) < 4.78 is 63.4. The summed E-state index contributed by atoms with van der Waals surface area (Å²) in [5.41, 5.74) is -2.29. The van der Waals surface area contributed by atoms with E-state index in [1.165, 1.54) is 48.4 Å². The molecule has 0 heterocycles. The molecule has 3 fully saturated rings. The standard InChI is InChI=1S/C46H49ClF4N2O6/c1-41-18-15-30(54)24-43(41)21-22-45(34(25-43)37(55)23-33-35(47)5-4-6-36(33)48)38(41)16-19-42(2)39(45)17-20-44(42,57)27-53(40(56)52-29-9-13-31(58-3)14-10-29)26-28-7-11-32(12-8-28)59-46(49,50)51/h4-14,21-22,25,30,38-39,54,57H,15-20,23-24,26-27H2,1-3H3,(H,52,56). The number of hydrogen-bond acceptors (Lipinski definition) is 6. The van der Waals surface area contributed by atoms with Gasteiger partial charge in [0.05, 0.1) is 25.4 Å². The summed E-state index contributed by atoms with van der Waals surface area (Å²) in [6.07, 6.45) is 4.72. The Labute approximate surface area is 346 Å². The summed E-state index contributed by atoms with van der Waals surface area (Å²) in [7, 11) is 1.53. The van der Waals surface area contributed by atoms with E-state index < -0.39 is 51.9 Å². The highest BCUT2D eigenvalue weighted by Crippen LogP contribution is 2.78. The second-order valence-corrected chi connectivity index (χ2v) is 18.2. The molecular weight excluding hydrogens is 788 g/mol. The van der Waals surface area contributed by atoms with Crippen molar-refractivity contribution in [1.29, 1.82) is 0 Å². The first kappa shape index (κ1) is 41.3. The summed E-state index contributed by atoms with van der Waals surface area (Å²) in [4.78, 5) is 30.5. The number of urea groups is 1. The maximum absolute atomic E-state index is 15.2. The number of hydrogen-bond donors (Lipinski definition) is 3. The zero-order chi connectivity index (χ0) is 42.2. The molecule has 9 rings (SSSR count). The number of nitrogens with one attached hydrogen (secondary N) is 1. The first-order chi connectivity index (χ1) is 27.9. The molecule has 2 bridgehead atoms. The number of ether oxygens (including phenoxy) is 2. The van der Waals surface area contributed by atoms with Gasteiger partial charge in [0.15, 0.2) is 5.78 Å². The lowest BCUT2D eigenvalue weighted by molar-refractivity contribution is -0.274. The topological polar surface area (TPSA) is 108 Å². The predicted molar refractivity (Wildman–Crippen MR) is 214 cm³/mol. The van der Waals surface area contributed by atoms with Crippen molar-refractivity contribution in [3.05, 3.63) is 112 Å². The molecule has 0 radical (unpaired) electrons. The predicted octanol–water partition coefficient (Wildman–Crippen LogP) is 9.82. The second-order valence-electron chi connectivity index (χ2n) is 17.8. The van der Waals surface area contributed by atoms with Gasteiger partial charge in [-0.15, -0.1) is 13.2 Å². The van der Waals surface area contributed by atoms with Crippen molar-refractivity contribution < 1.29 is 46.8 Å². The van der Waals surface area contributed by atoms with Gasteiger partial charge in [0.25, 0.3) is 0 Å². The van der Waals surface area contributed by atoms with Crippen LogP contribution in [0.5, 0.6) is 11.5 Å². The minimum Gasteiger partial charge on any atom is -0.497 e. The zero-order valence-corrected chi connectivity index (χ0v) is 34.0. The first-order valence-electron chi connectivity index (χ1n) is 20.2. The van der Waals surface area contributed by atoms with Crippen molar-refractivity contribution in [3.8, 4) is 11.5 Å². The molecule has 8 unspecified atom stereocenters. The van der Waals surface area contributed by atoms with Crippen LogP contribution in [-0.2, 0) is 17.8 Å². The van der Waals surface area contributed by atoms with Crippen molar-refractivity contribution >= 4 is 29.1 Å². The largest absolute Gasteiger partial charge is 0.573 e. The fourth-order valence-electron chi connectivity index (χ4n) is 12.0. The number of rotatable bonds is 10. The molecule has 59 heavy (non-hydrogen) atoms. The molecule has 2 spiro atoms. The highest BCUT2D eigenvalue weighted by atomic mass is 35.5. The summed E-state index contributed by atoms with van der Waals surface area (Å²) in [5, 5.41) is 27.2. The summed E-state index contributed by atoms with van der Waals surface area (Å²) in [6.45, 7) is 4.17. The number of benzene rings is 3. The van der Waals surface area contributed by atoms with Crippen LogP contribution in [0.25, 0.3) is 0 Å². The van der Waals surface area contributed by atoms with E-state index in [0.717, 1.165) is 6.42 Å². The van der Waals surface area contributed by atoms with Gasteiger partial charge in [-0.3, -0.25) is 4.79 Å². The van der Waals surface area contributed by atoms with Crippen molar-refractivity contribution in [2.45, 2.75) is 89.8 Å². The molecular formula is C46H49ClF4N2O6. The maximum atomic E-state index is 15.2. The van der Waals surface area contributed by atoms with E-state index in [4.69, 9.17) is 16.3 Å². The molecule has 3 N–H and O–H groups in total. The highest BCUT2D eigenvalue weighted by Gasteiger charge is 2.74. The molecule has 0 saturated heterocycles. The quantitative estimate of drug-likeness (QED) is 0.139. The van der Waals surface area contributed by atoms with Crippen LogP contribution in [0.15, 0.2) is 90.5 Å². The Morgan fingerprint density at radius 1 is 0.915 bits per heavy atom. The van der Waals surface area contributed by atoms with Crippen LogP contribution in [0.4, 0.5) is 28.0 Å². The van der Waals surface area contributed by atoms with E-state index in [1.54, 1.807) is 30.3 Å². The molecule has 6 aliphatic rings. The fourth-order valence-corrected chi connectivity index (χ4v) is 12.3. The SMILES string of the molecule is COc1ccc(NC(=O)N(Cc2ccc(OC(F)(F)F)cc2)CC2(O)CCC3C45C=CC6(C=C4C(=O)Cc4c(F)cccc4Cl)CC(O)CCC6(C)C5CCC32C)cc1. The minimum absolute atomic E-state index is 0.0140. The van der Waals surface area contributed by atoms with Crippen LogP contribution >= 0.6 is 11.6 Å². The Morgan fingerprint density at radius 2 is 1.58 bits per heavy atom. The molecule has 3 aromatic carbocycles. The average Bonchev–Trinajstić information content (AvgIpc) is 3.46. The van der Waals surface area contributed by atoms with E-state index in [9.17, 15) is 33.0 Å². The van der Waals surface area contributed by atoms with Gasteiger partial charge in [-0.05, 0) is 116 Å². The molecule has 2 amide bonds. The summed E-state index contributed by atoms with van der Waals surface area (Å²) >= 11 is 6.47. The van der Waals surface area contributed by atoms with E-state index in [2.05, 4.69) is 35.2 Å². The third-order valence-corrected chi connectivity index (χ3v) is 15.4. The van der Waals surface area contributed by atoms with Crippen LogP contribution in [0, 0.1) is 39.3 Å². The van der Waals surface area contributed by atoms with E-state index in [-0.39, 0.29) is 53.1 Å². The highest BCUT2D eigenvalue weighted by molar-refractivity contribution is 6.31. The number of allylic oxidation sites excluding steroid dienone is 4. The lowest BCUT2D eigenvalue weighted by atomic mass is 9.32. The number of methoxy groups -OCH3 is 1. The minimum atomic E-state index is -4.87. The van der Waals surface area contributed by atoms with Gasteiger partial charge in [0.1, 0.15) is 17.3 Å². The van der Waals surface area contributed by atoms with Crippen molar-refractivity contribution in [1.82, 2.24) is 4.90 Å². The Kier molecular flexibility index (Phi) is 10.3. The average molecular weight is 837 g/mol. The van der Waals surface area contributed by atoms with Crippen molar-refractivity contribution in [2.24, 2.45) is 33.5 Å². The number of alkyl halides is 3. The van der Waals surface area contributed by atoms with Gasteiger partial charge in [-0.25, -0.2) is 9.18 Å². The number of aliphatic hydroxyl groups is 2. The lowest BCUT2D eigenvalue weighted by Crippen LogP contribution is -2.67. The molecule has 0 aromatic heterocycles. The van der Waals surface area contributed by atoms with Gasteiger partial charge in [-0.2, -0.15) is 0 Å². The number of carbonyl (C=O) groups is 2. The summed E-state index contributed by atoms with van der Waals surface area (Å²) in [6, 6.07) is 15.9. The number of amides is 2. The van der Waals surface area contributed by atoms with E-state index in [1.807, 2.05) is 6.92 Å². The molecule has 3 aromatic rings. The lowest BCUT2D eigenvalue weighted by Gasteiger charge is -2.71. The number of ketones is 1. The zero-order valence-electron chi connectivity index (χ0n) is 33.3. The van der Waals surface area contributed by atoms with Crippen LogP contribution in [-0.4, -0.2) is 58.6 Å². The first-order valence-corrected chi connectivity index (χ1v) is 20.6. The molecule has 3 saturated carbocycles. The molecule has 314 valence electrons. The monoisotopic (exact) mass is 836 g/mol. The Hall–Kier alpha value is -4.39. The molecule has 8 atom stereocenters. The van der Waals surface area contributed by atoms with Gasteiger partial charge < -0.3 is 29.9 Å². The Morgan fingerprint density at radius 3 is 2.25 bits per heavy atom. The number of anilines is 1. The maximum Gasteiger partial charge on any atom is 0.573 e. The number of halogens is 5. The van der Waals surface area contributed by atoms with Crippen molar-refractivity contribution in [2.75, 3.05) is 19.0 Å². The number of carbonyl (C=O) groups excluding carboxylic acids is 2. The van der Waals surface area contributed by atoms with E-state index >= 15 is 4.39 Å². The van der Waals surface area contributed by atoms with Crippen LogP contribution in [0.3, 0.4) is 0 Å². The second kappa shape index (κ2) is 14.7. The third kappa shape index (κ3) is 6.83. The van der Waals surface area contributed by atoms with Crippen LogP contribution < -0.4 is 14.8 Å². The van der Waals surface area contributed by atoms with Gasteiger partial charge in [0.2, 0.25) is 0 Å². The normalized spacial score (nSPS) is 33.0. The van der Waals surface area contributed by atoms with Gasteiger partial charge in [-0.1, -0.05) is 61.9 Å². The van der Waals surface area contributed by atoms with E-state index in [0.29, 0.717) is 61.1 Å². The fraction of sp³-hybridized carbons (Fsp3) is 0.478. The molecule has 6 aliphatic carbocycles. The van der Waals surface area contributed by atoms with Crippen LogP contribution in [0.2, 0.25) is 5.02 Å². The third-order valence-electron chi connectivity index (χ3n) is 15.0. The molecule has 8 nitrogen and oxygen atoms in total. The van der Waals surface area contributed by atoms with Gasteiger partial charge >= 0.3 is 12.4 Å². The Bertz CT molecular complexity index is 2180. The van der Waals surface area contributed by atoms with Gasteiger partial charge in [0, 0.05) is 51.1 Å². The number of nitrogens with zero attached hydrogens (tertiary/aromatic N) is 1. The summed E-state index contributed by atoms with van der Waals surface area (Å²) in [5.74, 6) is -0.883. The Balaban J connectivity index is 1.16. The van der Waals surface area contributed by atoms with Crippen molar-refractivity contribution in [3.63, 3.8) is 0 Å². The molecule has 0 aliphatic heterocycles. The number of aliphatic hydroxyl groups excluding tert-OH is 1. The smallest absolute Gasteiger partial charge is 0.497 e. The molecule has 13 heteroatoms. The number of Topliss-reactive ketones (excluding diaryl/α,β-unsaturated/α-hetero) is 1.